The molecule has 126 valence electrons. The lowest BCUT2D eigenvalue weighted by Crippen LogP contribution is -2.46. The molecule has 7 heteroatoms. The van der Waals surface area contributed by atoms with Gasteiger partial charge in [-0.3, -0.25) is 9.59 Å². The Kier molecular flexibility index (Phi) is 5.20. The number of carbonyl (C=O) groups is 2. The molecule has 1 saturated heterocycles. The Morgan fingerprint density at radius 2 is 2.12 bits per heavy atom. The fourth-order valence-corrected chi connectivity index (χ4v) is 3.77. The van der Waals surface area contributed by atoms with E-state index < -0.39 is 0 Å². The fourth-order valence-electron chi connectivity index (χ4n) is 2.59. The van der Waals surface area contributed by atoms with E-state index >= 15 is 0 Å². The summed E-state index contributed by atoms with van der Waals surface area (Å²) in [5.74, 6) is 1.17. The lowest BCUT2D eigenvalue weighted by molar-refractivity contribution is -0.137. The second-order valence-corrected chi connectivity index (χ2v) is 6.58. The quantitative estimate of drug-likeness (QED) is 0.898. The van der Waals surface area contributed by atoms with Gasteiger partial charge in [-0.1, -0.05) is 25.1 Å². The average Bonchev–Trinajstić information content (AvgIpc) is 3.29. The van der Waals surface area contributed by atoms with Crippen LogP contribution in [0.3, 0.4) is 0 Å². The van der Waals surface area contributed by atoms with Gasteiger partial charge in [0.05, 0.1) is 17.8 Å². The fraction of sp³-hybridized carbons (Fsp3) is 0.353. The van der Waals surface area contributed by atoms with Gasteiger partial charge in [0.2, 0.25) is 11.8 Å². The van der Waals surface area contributed by atoms with Crippen molar-refractivity contribution in [3.63, 3.8) is 0 Å². The van der Waals surface area contributed by atoms with Gasteiger partial charge in [0.1, 0.15) is 6.04 Å². The highest BCUT2D eigenvalue weighted by Crippen LogP contribution is 2.21. The average molecular weight is 344 g/mol. The van der Waals surface area contributed by atoms with Crippen LogP contribution in [0.4, 0.5) is 0 Å². The molecule has 2 heterocycles. The zero-order valence-electron chi connectivity index (χ0n) is 13.5. The molecule has 1 atom stereocenters. The number of thioether (sulfide) groups is 1. The first kappa shape index (κ1) is 16.6. The molecule has 3 rings (SSSR count). The second kappa shape index (κ2) is 7.53. The lowest BCUT2D eigenvalue weighted by Gasteiger charge is -2.22. The minimum atomic E-state index is -0.369. The van der Waals surface area contributed by atoms with Gasteiger partial charge in [0, 0.05) is 30.5 Å². The second-order valence-electron chi connectivity index (χ2n) is 5.58. The summed E-state index contributed by atoms with van der Waals surface area (Å²) < 4.78 is 1.78. The molecule has 6 nitrogen and oxygen atoms in total. The number of carbonyl (C=O) groups excluding carboxylic acids is 2. The number of hydrogen-bond acceptors (Lipinski definition) is 4. The molecule has 2 aromatic rings. The van der Waals surface area contributed by atoms with E-state index in [2.05, 4.69) is 10.4 Å². The molecular formula is C17H20N4O2S. The maximum absolute atomic E-state index is 12.4. The maximum Gasteiger partial charge on any atom is 0.243 e. The van der Waals surface area contributed by atoms with Gasteiger partial charge in [-0.15, -0.1) is 11.8 Å². The SMILES string of the molecule is CCC(=O)N1CSCC1C(=O)NCc1cnn(-c2ccccc2)c1. The number of rotatable bonds is 5. The van der Waals surface area contributed by atoms with Gasteiger partial charge in [-0.05, 0) is 12.1 Å². The van der Waals surface area contributed by atoms with E-state index in [4.69, 9.17) is 0 Å². The van der Waals surface area contributed by atoms with E-state index in [1.807, 2.05) is 43.5 Å². The van der Waals surface area contributed by atoms with Gasteiger partial charge in [0.15, 0.2) is 0 Å². The molecule has 1 fully saturated rings. The molecule has 0 bridgehead atoms. The lowest BCUT2D eigenvalue weighted by atomic mass is 10.2. The molecule has 0 aliphatic carbocycles. The largest absolute Gasteiger partial charge is 0.350 e. The molecule has 0 radical (unpaired) electrons. The van der Waals surface area contributed by atoms with E-state index in [1.165, 1.54) is 0 Å². The third kappa shape index (κ3) is 3.62. The van der Waals surface area contributed by atoms with Crippen LogP contribution < -0.4 is 5.32 Å². The zero-order chi connectivity index (χ0) is 16.9. The Hall–Kier alpha value is -2.28. The summed E-state index contributed by atoms with van der Waals surface area (Å²) in [5.41, 5.74) is 1.90. The van der Waals surface area contributed by atoms with Crippen LogP contribution in [0.15, 0.2) is 42.7 Å². The highest BCUT2D eigenvalue weighted by Gasteiger charge is 2.33. The van der Waals surface area contributed by atoms with Crippen molar-refractivity contribution in [2.24, 2.45) is 0 Å². The minimum Gasteiger partial charge on any atom is -0.350 e. The minimum absolute atomic E-state index is 0.0250. The van der Waals surface area contributed by atoms with Crippen molar-refractivity contribution >= 4 is 23.6 Å². The van der Waals surface area contributed by atoms with Crippen molar-refractivity contribution in [1.29, 1.82) is 0 Å². The third-order valence-corrected chi connectivity index (χ3v) is 4.94. The van der Waals surface area contributed by atoms with Crippen molar-refractivity contribution in [2.45, 2.75) is 25.9 Å². The van der Waals surface area contributed by atoms with Gasteiger partial charge in [-0.2, -0.15) is 5.10 Å². The zero-order valence-corrected chi connectivity index (χ0v) is 14.3. The molecule has 2 amide bonds. The first-order chi connectivity index (χ1) is 11.7. The van der Waals surface area contributed by atoms with Crippen molar-refractivity contribution in [1.82, 2.24) is 20.0 Å². The Bertz CT molecular complexity index is 716. The van der Waals surface area contributed by atoms with E-state index in [1.54, 1.807) is 27.5 Å². The van der Waals surface area contributed by atoms with Crippen molar-refractivity contribution in [2.75, 3.05) is 11.6 Å². The number of aromatic nitrogens is 2. The predicted molar refractivity (Wildman–Crippen MR) is 93.7 cm³/mol. The summed E-state index contributed by atoms with van der Waals surface area (Å²) in [6, 6.07) is 9.44. The highest BCUT2D eigenvalue weighted by molar-refractivity contribution is 7.99. The van der Waals surface area contributed by atoms with Crippen LogP contribution in [0.25, 0.3) is 5.69 Å². The van der Waals surface area contributed by atoms with Gasteiger partial charge < -0.3 is 10.2 Å². The van der Waals surface area contributed by atoms with Crippen LogP contribution in [0.5, 0.6) is 0 Å². The topological polar surface area (TPSA) is 67.2 Å². The molecule has 1 aliphatic rings. The normalized spacial score (nSPS) is 17.0. The van der Waals surface area contributed by atoms with Crippen molar-refractivity contribution in [3.05, 3.63) is 48.3 Å². The van der Waals surface area contributed by atoms with Gasteiger partial charge in [-0.25, -0.2) is 4.68 Å². The number of nitrogens with one attached hydrogen (secondary N) is 1. The Labute approximate surface area is 145 Å². The highest BCUT2D eigenvalue weighted by atomic mass is 32.2. The van der Waals surface area contributed by atoms with Crippen LogP contribution >= 0.6 is 11.8 Å². The summed E-state index contributed by atoms with van der Waals surface area (Å²) in [6.45, 7) is 2.22. The number of amides is 2. The van der Waals surface area contributed by atoms with Crippen LogP contribution in [0.1, 0.15) is 18.9 Å². The summed E-state index contributed by atoms with van der Waals surface area (Å²) in [7, 11) is 0. The number of para-hydroxylation sites is 1. The standard InChI is InChI=1S/C17H20N4O2S/c1-2-16(22)20-12-24-11-15(20)17(23)18-8-13-9-19-21(10-13)14-6-4-3-5-7-14/h3-7,9-10,15H,2,8,11-12H2,1H3,(H,18,23). The molecular weight excluding hydrogens is 324 g/mol. The number of nitrogens with zero attached hydrogens (tertiary/aromatic N) is 3. The van der Waals surface area contributed by atoms with E-state index in [9.17, 15) is 9.59 Å². The molecule has 1 aromatic carbocycles. The van der Waals surface area contributed by atoms with Gasteiger partial charge >= 0.3 is 0 Å². The molecule has 1 aromatic heterocycles. The van der Waals surface area contributed by atoms with Crippen LogP contribution in [-0.4, -0.2) is 44.2 Å². The molecule has 0 spiro atoms. The Balaban J connectivity index is 1.59. The van der Waals surface area contributed by atoms with Crippen molar-refractivity contribution < 1.29 is 9.59 Å². The molecule has 1 N–H and O–H groups in total. The van der Waals surface area contributed by atoms with Crippen LogP contribution in [0, 0.1) is 0 Å². The van der Waals surface area contributed by atoms with E-state index in [0.717, 1.165) is 11.3 Å². The maximum atomic E-state index is 12.4. The van der Waals surface area contributed by atoms with Crippen LogP contribution in [0.2, 0.25) is 0 Å². The first-order valence-corrected chi connectivity index (χ1v) is 9.08. The number of benzene rings is 1. The smallest absolute Gasteiger partial charge is 0.243 e. The molecule has 0 saturated carbocycles. The molecule has 1 aliphatic heterocycles. The third-order valence-electron chi connectivity index (χ3n) is 3.93. The summed E-state index contributed by atoms with van der Waals surface area (Å²) >= 11 is 1.61. The van der Waals surface area contributed by atoms with E-state index in [-0.39, 0.29) is 17.9 Å². The monoisotopic (exact) mass is 344 g/mol. The van der Waals surface area contributed by atoms with E-state index in [0.29, 0.717) is 24.6 Å². The summed E-state index contributed by atoms with van der Waals surface area (Å²) in [5, 5.41) is 7.23. The Morgan fingerprint density at radius 1 is 1.33 bits per heavy atom. The Morgan fingerprint density at radius 3 is 2.88 bits per heavy atom. The molecule has 1 unspecified atom stereocenters. The summed E-state index contributed by atoms with van der Waals surface area (Å²) in [6.07, 6.45) is 4.06. The first-order valence-electron chi connectivity index (χ1n) is 7.93. The van der Waals surface area contributed by atoms with Crippen molar-refractivity contribution in [3.8, 4) is 5.69 Å². The summed E-state index contributed by atoms with van der Waals surface area (Å²) in [4.78, 5) is 25.9. The number of hydrogen-bond donors (Lipinski definition) is 1. The van der Waals surface area contributed by atoms with Gasteiger partial charge in [0.25, 0.3) is 0 Å². The predicted octanol–water partition coefficient (Wildman–Crippen LogP) is 1.80. The molecule has 24 heavy (non-hydrogen) atoms. The van der Waals surface area contributed by atoms with Crippen LogP contribution in [-0.2, 0) is 16.1 Å².